The van der Waals surface area contributed by atoms with Crippen molar-refractivity contribution >= 4 is 39.1 Å². The Bertz CT molecular complexity index is 1330. The average molecular weight is 558 g/mol. The zero-order valence-corrected chi connectivity index (χ0v) is 23.2. The molecule has 0 aliphatic rings. The minimum absolute atomic E-state index is 0.0849. The molecule has 0 saturated heterocycles. The largest absolute Gasteiger partial charge is 0.489 e. The molecule has 0 bridgehead atoms. The second kappa shape index (κ2) is 13.3. The van der Waals surface area contributed by atoms with Gasteiger partial charge in [-0.2, -0.15) is 0 Å². The number of amides is 2. The number of halogens is 1. The number of nitrogens with zero attached hydrogens (tertiary/aromatic N) is 2. The van der Waals surface area contributed by atoms with Crippen LogP contribution < -0.4 is 14.4 Å². The van der Waals surface area contributed by atoms with E-state index in [1.165, 1.54) is 4.90 Å². The summed E-state index contributed by atoms with van der Waals surface area (Å²) in [5, 5.41) is 3.21. The van der Waals surface area contributed by atoms with Gasteiger partial charge in [0.05, 0.1) is 11.9 Å². The third-order valence-electron chi connectivity index (χ3n) is 5.81. The third-order valence-corrected chi connectivity index (χ3v) is 7.19. The highest BCUT2D eigenvalue weighted by Gasteiger charge is 2.30. The first-order valence-electron chi connectivity index (χ1n) is 12.1. The molecule has 0 aliphatic carbocycles. The molecule has 8 nitrogen and oxygen atoms in total. The molecule has 0 heterocycles. The standard InChI is InChI=1S/C28H32ClN3O5S/c1-4-30-28(34)21(2)31(18-23-11-8-12-24(29)17-23)27(33)19-32(38(3,35)36)25-13-15-26(16-14-25)37-20-22-9-6-5-7-10-22/h5-17,21H,4,18-20H2,1-3H3,(H,30,34). The fourth-order valence-corrected chi connectivity index (χ4v) is 4.86. The van der Waals surface area contributed by atoms with Crippen molar-refractivity contribution in [3.8, 4) is 5.75 Å². The van der Waals surface area contributed by atoms with Crippen LogP contribution in [0.4, 0.5) is 5.69 Å². The molecule has 0 spiro atoms. The molecule has 0 radical (unpaired) electrons. The van der Waals surface area contributed by atoms with Crippen LogP contribution in [0.1, 0.15) is 25.0 Å². The highest BCUT2D eigenvalue weighted by molar-refractivity contribution is 7.92. The highest BCUT2D eigenvalue weighted by atomic mass is 35.5. The van der Waals surface area contributed by atoms with Gasteiger partial charge >= 0.3 is 0 Å². The second-order valence-electron chi connectivity index (χ2n) is 8.76. The van der Waals surface area contributed by atoms with Gasteiger partial charge in [-0.3, -0.25) is 13.9 Å². The maximum Gasteiger partial charge on any atom is 0.244 e. The van der Waals surface area contributed by atoms with Crippen molar-refractivity contribution in [3.63, 3.8) is 0 Å². The van der Waals surface area contributed by atoms with Gasteiger partial charge in [0.15, 0.2) is 0 Å². The van der Waals surface area contributed by atoms with Gasteiger partial charge in [0.1, 0.15) is 24.9 Å². The number of sulfonamides is 1. The Kier molecular flexibility index (Phi) is 10.2. The molecular formula is C28H32ClN3O5S. The van der Waals surface area contributed by atoms with Gasteiger partial charge in [0, 0.05) is 18.1 Å². The number of rotatable bonds is 12. The maximum atomic E-state index is 13.5. The predicted molar refractivity (Wildman–Crippen MR) is 150 cm³/mol. The van der Waals surface area contributed by atoms with Crippen molar-refractivity contribution in [1.82, 2.24) is 10.2 Å². The number of likely N-dealkylation sites (N-methyl/N-ethyl adjacent to an activating group) is 1. The van der Waals surface area contributed by atoms with Gasteiger partial charge in [-0.05, 0) is 61.4 Å². The number of hydrogen-bond donors (Lipinski definition) is 1. The van der Waals surface area contributed by atoms with Gasteiger partial charge in [-0.1, -0.05) is 54.1 Å². The Balaban J connectivity index is 1.81. The van der Waals surface area contributed by atoms with E-state index in [-0.39, 0.29) is 12.5 Å². The van der Waals surface area contributed by atoms with E-state index in [0.29, 0.717) is 35.2 Å². The molecule has 1 N–H and O–H groups in total. The first-order chi connectivity index (χ1) is 18.1. The Morgan fingerprint density at radius 2 is 1.63 bits per heavy atom. The highest BCUT2D eigenvalue weighted by Crippen LogP contribution is 2.23. The zero-order chi connectivity index (χ0) is 27.7. The Labute approximate surface area is 229 Å². The molecule has 3 rings (SSSR count). The van der Waals surface area contributed by atoms with Gasteiger partial charge in [0.25, 0.3) is 0 Å². The van der Waals surface area contributed by atoms with Crippen molar-refractivity contribution in [3.05, 3.63) is 95.0 Å². The van der Waals surface area contributed by atoms with E-state index in [1.54, 1.807) is 62.4 Å². The monoisotopic (exact) mass is 557 g/mol. The average Bonchev–Trinajstić information content (AvgIpc) is 2.89. The number of benzene rings is 3. The molecule has 3 aromatic rings. The van der Waals surface area contributed by atoms with E-state index in [1.807, 2.05) is 30.3 Å². The van der Waals surface area contributed by atoms with Crippen LogP contribution in [0.2, 0.25) is 5.02 Å². The summed E-state index contributed by atoms with van der Waals surface area (Å²) in [7, 11) is -3.83. The maximum absolute atomic E-state index is 13.5. The fourth-order valence-electron chi connectivity index (χ4n) is 3.80. The van der Waals surface area contributed by atoms with Crippen LogP contribution in [0.3, 0.4) is 0 Å². The van der Waals surface area contributed by atoms with Gasteiger partial charge in [0.2, 0.25) is 21.8 Å². The third kappa shape index (κ3) is 8.22. The summed E-state index contributed by atoms with van der Waals surface area (Å²) in [5.74, 6) is -0.308. The van der Waals surface area contributed by atoms with E-state index in [2.05, 4.69) is 5.32 Å². The molecule has 1 unspecified atom stereocenters. The fraction of sp³-hybridized carbons (Fsp3) is 0.286. The van der Waals surface area contributed by atoms with E-state index >= 15 is 0 Å². The number of hydrogen-bond acceptors (Lipinski definition) is 5. The van der Waals surface area contributed by atoms with Crippen molar-refractivity contribution in [1.29, 1.82) is 0 Å². The van der Waals surface area contributed by atoms with E-state index in [9.17, 15) is 18.0 Å². The van der Waals surface area contributed by atoms with Crippen molar-refractivity contribution in [2.45, 2.75) is 33.0 Å². The topological polar surface area (TPSA) is 96.0 Å². The Morgan fingerprint density at radius 1 is 0.974 bits per heavy atom. The lowest BCUT2D eigenvalue weighted by Crippen LogP contribution is -2.51. The molecule has 38 heavy (non-hydrogen) atoms. The predicted octanol–water partition coefficient (Wildman–Crippen LogP) is 4.24. The minimum Gasteiger partial charge on any atom is -0.489 e. The molecule has 2 amide bonds. The van der Waals surface area contributed by atoms with E-state index in [0.717, 1.165) is 16.1 Å². The Morgan fingerprint density at radius 3 is 2.24 bits per heavy atom. The zero-order valence-electron chi connectivity index (χ0n) is 21.6. The molecule has 0 aromatic heterocycles. The lowest BCUT2D eigenvalue weighted by molar-refractivity contribution is -0.139. The van der Waals surface area contributed by atoms with Gasteiger partial charge in [-0.25, -0.2) is 8.42 Å². The molecule has 10 heteroatoms. The number of ether oxygens (including phenoxy) is 1. The first-order valence-corrected chi connectivity index (χ1v) is 14.4. The summed E-state index contributed by atoms with van der Waals surface area (Å²) in [6.07, 6.45) is 1.04. The van der Waals surface area contributed by atoms with Crippen molar-refractivity contribution in [2.75, 3.05) is 23.7 Å². The number of nitrogens with one attached hydrogen (secondary N) is 1. The van der Waals surface area contributed by atoms with Crippen LogP contribution in [0.5, 0.6) is 5.75 Å². The summed E-state index contributed by atoms with van der Waals surface area (Å²) in [5.41, 5.74) is 2.02. The van der Waals surface area contributed by atoms with Crippen LogP contribution in [0.15, 0.2) is 78.9 Å². The molecule has 0 fully saturated rings. The summed E-state index contributed by atoms with van der Waals surface area (Å²) in [4.78, 5) is 27.5. The van der Waals surface area contributed by atoms with Gasteiger partial charge in [-0.15, -0.1) is 0 Å². The van der Waals surface area contributed by atoms with Crippen LogP contribution in [0.25, 0.3) is 0 Å². The van der Waals surface area contributed by atoms with E-state index in [4.69, 9.17) is 16.3 Å². The summed E-state index contributed by atoms with van der Waals surface area (Å²) in [6.45, 7) is 3.76. The lowest BCUT2D eigenvalue weighted by Gasteiger charge is -2.31. The number of carbonyl (C=O) groups is 2. The smallest absolute Gasteiger partial charge is 0.244 e. The number of anilines is 1. The molecule has 1 atom stereocenters. The second-order valence-corrected chi connectivity index (χ2v) is 11.1. The SMILES string of the molecule is CCNC(=O)C(C)N(Cc1cccc(Cl)c1)C(=O)CN(c1ccc(OCc2ccccc2)cc1)S(C)(=O)=O. The van der Waals surface area contributed by atoms with Crippen LogP contribution >= 0.6 is 11.6 Å². The molecule has 0 saturated carbocycles. The first kappa shape index (κ1) is 29.0. The van der Waals surface area contributed by atoms with Crippen LogP contribution in [-0.2, 0) is 32.8 Å². The lowest BCUT2D eigenvalue weighted by atomic mass is 10.1. The van der Waals surface area contributed by atoms with E-state index < -0.39 is 28.5 Å². The minimum atomic E-state index is -3.83. The van der Waals surface area contributed by atoms with Crippen molar-refractivity contribution in [2.24, 2.45) is 0 Å². The normalized spacial score (nSPS) is 11.9. The molecule has 0 aliphatic heterocycles. The molecular weight excluding hydrogens is 526 g/mol. The Hall–Kier alpha value is -3.56. The quantitative estimate of drug-likeness (QED) is 0.359. The van der Waals surface area contributed by atoms with Crippen LogP contribution in [0, 0.1) is 0 Å². The number of carbonyl (C=O) groups excluding carboxylic acids is 2. The van der Waals surface area contributed by atoms with Crippen LogP contribution in [-0.4, -0.2) is 50.5 Å². The summed E-state index contributed by atoms with van der Waals surface area (Å²) in [6, 6.07) is 22.3. The molecule has 202 valence electrons. The summed E-state index contributed by atoms with van der Waals surface area (Å²) >= 11 is 6.11. The summed E-state index contributed by atoms with van der Waals surface area (Å²) < 4.78 is 32.3. The van der Waals surface area contributed by atoms with Gasteiger partial charge < -0.3 is 15.0 Å². The van der Waals surface area contributed by atoms with Crippen molar-refractivity contribution < 1.29 is 22.7 Å². The molecule has 3 aromatic carbocycles.